The number of nitrogens with zero attached hydrogens (tertiary/aromatic N) is 2. The van der Waals surface area contributed by atoms with Crippen molar-refractivity contribution < 1.29 is 4.79 Å². The first-order chi connectivity index (χ1) is 9.24. The zero-order valence-electron chi connectivity index (χ0n) is 12.1. The summed E-state index contributed by atoms with van der Waals surface area (Å²) >= 11 is 0. The van der Waals surface area contributed by atoms with Gasteiger partial charge in [0.25, 0.3) is 5.91 Å². The molecule has 1 saturated heterocycles. The summed E-state index contributed by atoms with van der Waals surface area (Å²) in [6.45, 7) is 9.00. The molecule has 3 nitrogen and oxygen atoms in total. The lowest BCUT2D eigenvalue weighted by atomic mass is 10.1. The topological polar surface area (TPSA) is 23.6 Å². The van der Waals surface area contributed by atoms with Crippen LogP contribution in [-0.4, -0.2) is 41.9 Å². The standard InChI is InChI=1S/C16H24N2O/c1-3-18(4-2)16(19)15-9-7-14(8-10-15)13-17-11-5-6-12-17/h7-10H,3-6,11-13H2,1-2H3. The van der Waals surface area contributed by atoms with Crippen LogP contribution in [0, 0.1) is 0 Å². The largest absolute Gasteiger partial charge is 0.339 e. The summed E-state index contributed by atoms with van der Waals surface area (Å²) in [6, 6.07) is 8.11. The molecule has 19 heavy (non-hydrogen) atoms. The average molecular weight is 260 g/mol. The average Bonchev–Trinajstić information content (AvgIpc) is 2.94. The van der Waals surface area contributed by atoms with E-state index in [1.165, 1.54) is 31.5 Å². The Morgan fingerprint density at radius 1 is 1.11 bits per heavy atom. The molecular formula is C16H24N2O. The minimum atomic E-state index is 0.137. The predicted molar refractivity (Wildman–Crippen MR) is 78.2 cm³/mol. The second-order valence-corrected chi connectivity index (χ2v) is 5.16. The highest BCUT2D eigenvalue weighted by Gasteiger charge is 2.14. The molecule has 1 aromatic carbocycles. The summed E-state index contributed by atoms with van der Waals surface area (Å²) in [5.41, 5.74) is 2.10. The zero-order chi connectivity index (χ0) is 13.7. The lowest BCUT2D eigenvalue weighted by Crippen LogP contribution is -2.30. The fourth-order valence-electron chi connectivity index (χ4n) is 2.65. The summed E-state index contributed by atoms with van der Waals surface area (Å²) in [6.07, 6.45) is 2.64. The van der Waals surface area contributed by atoms with Crippen LogP contribution in [0.25, 0.3) is 0 Å². The molecule has 1 fully saturated rings. The van der Waals surface area contributed by atoms with Gasteiger partial charge in [-0.05, 0) is 57.5 Å². The number of amides is 1. The molecule has 1 aromatic rings. The first-order valence-electron chi connectivity index (χ1n) is 7.35. The highest BCUT2D eigenvalue weighted by Crippen LogP contribution is 2.14. The molecule has 3 heteroatoms. The third-order valence-electron chi connectivity index (χ3n) is 3.86. The van der Waals surface area contributed by atoms with Crippen LogP contribution in [0.2, 0.25) is 0 Å². The predicted octanol–water partition coefficient (Wildman–Crippen LogP) is 2.76. The summed E-state index contributed by atoms with van der Waals surface area (Å²) in [5.74, 6) is 0.137. The Kier molecular flexibility index (Phi) is 4.97. The summed E-state index contributed by atoms with van der Waals surface area (Å²) in [5, 5.41) is 0. The van der Waals surface area contributed by atoms with Crippen LogP contribution in [0.1, 0.15) is 42.6 Å². The van der Waals surface area contributed by atoms with E-state index in [1.54, 1.807) is 0 Å². The van der Waals surface area contributed by atoms with Gasteiger partial charge in [0, 0.05) is 25.2 Å². The lowest BCUT2D eigenvalue weighted by Gasteiger charge is -2.19. The van der Waals surface area contributed by atoms with E-state index >= 15 is 0 Å². The van der Waals surface area contributed by atoms with Crippen molar-refractivity contribution in [3.8, 4) is 0 Å². The quantitative estimate of drug-likeness (QED) is 0.812. The Labute approximate surface area is 116 Å². The van der Waals surface area contributed by atoms with Crippen molar-refractivity contribution in [2.45, 2.75) is 33.2 Å². The Bertz CT molecular complexity index is 403. The van der Waals surface area contributed by atoms with Gasteiger partial charge in [0.1, 0.15) is 0 Å². The highest BCUT2D eigenvalue weighted by atomic mass is 16.2. The monoisotopic (exact) mass is 260 g/mol. The number of hydrogen-bond acceptors (Lipinski definition) is 2. The van der Waals surface area contributed by atoms with E-state index in [9.17, 15) is 4.79 Å². The third kappa shape index (κ3) is 3.57. The highest BCUT2D eigenvalue weighted by molar-refractivity contribution is 5.94. The van der Waals surface area contributed by atoms with Crippen LogP contribution in [0.5, 0.6) is 0 Å². The van der Waals surface area contributed by atoms with Gasteiger partial charge in [0.2, 0.25) is 0 Å². The minimum Gasteiger partial charge on any atom is -0.339 e. The molecule has 0 radical (unpaired) electrons. The van der Waals surface area contributed by atoms with Gasteiger partial charge in [-0.2, -0.15) is 0 Å². The van der Waals surface area contributed by atoms with Crippen LogP contribution < -0.4 is 0 Å². The fraction of sp³-hybridized carbons (Fsp3) is 0.562. The van der Waals surface area contributed by atoms with Crippen molar-refractivity contribution in [1.82, 2.24) is 9.80 Å². The van der Waals surface area contributed by atoms with E-state index in [4.69, 9.17) is 0 Å². The first kappa shape index (κ1) is 14.1. The lowest BCUT2D eigenvalue weighted by molar-refractivity contribution is 0.0773. The van der Waals surface area contributed by atoms with Crippen molar-refractivity contribution in [1.29, 1.82) is 0 Å². The van der Waals surface area contributed by atoms with Gasteiger partial charge in [-0.1, -0.05) is 12.1 Å². The van der Waals surface area contributed by atoms with E-state index in [0.29, 0.717) is 0 Å². The van der Waals surface area contributed by atoms with Crippen molar-refractivity contribution in [2.75, 3.05) is 26.2 Å². The summed E-state index contributed by atoms with van der Waals surface area (Å²) in [7, 11) is 0. The van der Waals surface area contributed by atoms with E-state index in [0.717, 1.165) is 25.2 Å². The maximum Gasteiger partial charge on any atom is 0.253 e. The molecule has 0 N–H and O–H groups in total. The second-order valence-electron chi connectivity index (χ2n) is 5.16. The van der Waals surface area contributed by atoms with Gasteiger partial charge in [-0.25, -0.2) is 0 Å². The maximum atomic E-state index is 12.2. The summed E-state index contributed by atoms with van der Waals surface area (Å²) < 4.78 is 0. The molecule has 1 aliphatic heterocycles. The molecule has 0 aliphatic carbocycles. The number of likely N-dealkylation sites (tertiary alicyclic amines) is 1. The van der Waals surface area contributed by atoms with Crippen molar-refractivity contribution >= 4 is 5.91 Å². The van der Waals surface area contributed by atoms with E-state index in [-0.39, 0.29) is 5.91 Å². The molecule has 1 heterocycles. The second kappa shape index (κ2) is 6.71. The summed E-state index contributed by atoms with van der Waals surface area (Å²) in [4.78, 5) is 16.5. The SMILES string of the molecule is CCN(CC)C(=O)c1ccc(CN2CCCC2)cc1. The molecular weight excluding hydrogens is 236 g/mol. The molecule has 104 valence electrons. The van der Waals surface area contributed by atoms with Gasteiger partial charge in [0.15, 0.2) is 0 Å². The Morgan fingerprint density at radius 2 is 1.68 bits per heavy atom. The molecule has 1 amide bonds. The van der Waals surface area contributed by atoms with Crippen LogP contribution in [0.4, 0.5) is 0 Å². The first-order valence-corrected chi connectivity index (χ1v) is 7.35. The zero-order valence-corrected chi connectivity index (χ0v) is 12.1. The molecule has 0 aromatic heterocycles. The minimum absolute atomic E-state index is 0.137. The van der Waals surface area contributed by atoms with Gasteiger partial charge in [-0.3, -0.25) is 9.69 Å². The number of carbonyl (C=O) groups excluding carboxylic acids is 1. The number of hydrogen-bond donors (Lipinski definition) is 0. The van der Waals surface area contributed by atoms with Gasteiger partial charge >= 0.3 is 0 Å². The smallest absolute Gasteiger partial charge is 0.253 e. The third-order valence-corrected chi connectivity index (χ3v) is 3.86. The molecule has 1 aliphatic rings. The molecule has 0 saturated carbocycles. The Hall–Kier alpha value is -1.35. The van der Waals surface area contributed by atoms with Crippen LogP contribution >= 0.6 is 0 Å². The number of carbonyl (C=O) groups is 1. The van der Waals surface area contributed by atoms with Crippen LogP contribution in [-0.2, 0) is 6.54 Å². The maximum absolute atomic E-state index is 12.2. The van der Waals surface area contributed by atoms with Crippen molar-refractivity contribution in [3.63, 3.8) is 0 Å². The van der Waals surface area contributed by atoms with E-state index in [1.807, 2.05) is 30.9 Å². The van der Waals surface area contributed by atoms with Gasteiger partial charge in [0.05, 0.1) is 0 Å². The van der Waals surface area contributed by atoms with Crippen molar-refractivity contribution in [3.05, 3.63) is 35.4 Å². The number of benzene rings is 1. The van der Waals surface area contributed by atoms with Crippen LogP contribution in [0.15, 0.2) is 24.3 Å². The van der Waals surface area contributed by atoms with Gasteiger partial charge < -0.3 is 4.90 Å². The molecule has 0 unspecified atom stereocenters. The fourth-order valence-corrected chi connectivity index (χ4v) is 2.65. The van der Waals surface area contributed by atoms with Crippen LogP contribution in [0.3, 0.4) is 0 Å². The molecule has 0 spiro atoms. The molecule has 0 atom stereocenters. The normalized spacial score (nSPS) is 15.7. The Balaban J connectivity index is 1.99. The van der Waals surface area contributed by atoms with E-state index < -0.39 is 0 Å². The van der Waals surface area contributed by atoms with Crippen molar-refractivity contribution in [2.24, 2.45) is 0 Å². The molecule has 2 rings (SSSR count). The molecule has 0 bridgehead atoms. The van der Waals surface area contributed by atoms with E-state index in [2.05, 4.69) is 17.0 Å². The van der Waals surface area contributed by atoms with Gasteiger partial charge in [-0.15, -0.1) is 0 Å². The number of rotatable bonds is 5. The Morgan fingerprint density at radius 3 is 2.21 bits per heavy atom.